The Morgan fingerprint density at radius 2 is 1.96 bits per heavy atom. The van der Waals surface area contributed by atoms with Crippen LogP contribution in [0.3, 0.4) is 0 Å². The van der Waals surface area contributed by atoms with Crippen LogP contribution >= 0.6 is 0 Å². The highest BCUT2D eigenvalue weighted by molar-refractivity contribution is 5.93. The van der Waals surface area contributed by atoms with Crippen LogP contribution in [-0.4, -0.2) is 36.2 Å². The Bertz CT molecular complexity index is 670. The minimum absolute atomic E-state index is 0.0897. The van der Waals surface area contributed by atoms with E-state index in [1.165, 1.54) is 5.56 Å². The zero-order valence-corrected chi connectivity index (χ0v) is 14.6. The van der Waals surface area contributed by atoms with Gasteiger partial charge in [0.2, 0.25) is 0 Å². The van der Waals surface area contributed by atoms with Gasteiger partial charge in [-0.3, -0.25) is 9.78 Å². The lowest BCUT2D eigenvalue weighted by atomic mass is 9.88. The van der Waals surface area contributed by atoms with Crippen molar-refractivity contribution >= 4 is 5.91 Å². The van der Waals surface area contributed by atoms with E-state index < -0.39 is 0 Å². The quantitative estimate of drug-likeness (QED) is 0.849. The number of hydrogen-bond acceptors (Lipinski definition) is 4. The summed E-state index contributed by atoms with van der Waals surface area (Å²) in [5, 5.41) is 6.81. The number of nitrogens with one attached hydrogen (secondary N) is 2. The standard InChI is InChI=1S/C20H25N3O2/c1-16(17-6-3-2-4-7-17)23-20(9-12-25-13-10-20)15-22-19(24)18-8-5-11-21-14-18/h2-8,11,14,16,23H,9-10,12-13,15H2,1H3,(H,22,24). The average molecular weight is 339 g/mol. The highest BCUT2D eigenvalue weighted by Crippen LogP contribution is 2.25. The van der Waals surface area contributed by atoms with Gasteiger partial charge in [0, 0.05) is 43.7 Å². The fourth-order valence-corrected chi connectivity index (χ4v) is 3.27. The first kappa shape index (κ1) is 17.6. The van der Waals surface area contributed by atoms with Crippen LogP contribution in [0.15, 0.2) is 54.9 Å². The van der Waals surface area contributed by atoms with Gasteiger partial charge in [0.05, 0.1) is 5.56 Å². The van der Waals surface area contributed by atoms with Gasteiger partial charge in [-0.15, -0.1) is 0 Å². The second-order valence-electron chi connectivity index (χ2n) is 6.59. The summed E-state index contributed by atoms with van der Waals surface area (Å²) in [4.78, 5) is 16.4. The van der Waals surface area contributed by atoms with Gasteiger partial charge >= 0.3 is 0 Å². The molecular weight excluding hydrogens is 314 g/mol. The van der Waals surface area contributed by atoms with Crippen LogP contribution in [0.25, 0.3) is 0 Å². The van der Waals surface area contributed by atoms with Gasteiger partial charge in [0.25, 0.3) is 5.91 Å². The molecule has 1 aliphatic heterocycles. The molecule has 132 valence electrons. The molecule has 3 rings (SSSR count). The van der Waals surface area contributed by atoms with E-state index in [0.717, 1.165) is 12.8 Å². The van der Waals surface area contributed by atoms with Gasteiger partial charge in [-0.1, -0.05) is 30.3 Å². The molecular formula is C20H25N3O2. The van der Waals surface area contributed by atoms with Crippen LogP contribution in [0.5, 0.6) is 0 Å². The minimum Gasteiger partial charge on any atom is -0.381 e. The molecule has 0 radical (unpaired) electrons. The topological polar surface area (TPSA) is 63.2 Å². The first-order valence-electron chi connectivity index (χ1n) is 8.77. The number of pyridine rings is 1. The van der Waals surface area contributed by atoms with Gasteiger partial charge in [-0.2, -0.15) is 0 Å². The van der Waals surface area contributed by atoms with E-state index in [1.807, 2.05) is 18.2 Å². The van der Waals surface area contributed by atoms with Crippen molar-refractivity contribution in [2.45, 2.75) is 31.3 Å². The number of benzene rings is 1. The number of carbonyl (C=O) groups is 1. The fraction of sp³-hybridized carbons (Fsp3) is 0.400. The fourth-order valence-electron chi connectivity index (χ4n) is 3.27. The normalized spacial score (nSPS) is 17.6. The van der Waals surface area contributed by atoms with Gasteiger partial charge in [-0.05, 0) is 37.5 Å². The molecule has 2 N–H and O–H groups in total. The van der Waals surface area contributed by atoms with E-state index in [1.54, 1.807) is 24.5 Å². The van der Waals surface area contributed by atoms with Gasteiger partial charge in [-0.25, -0.2) is 0 Å². The predicted molar refractivity (Wildman–Crippen MR) is 97.3 cm³/mol. The van der Waals surface area contributed by atoms with Crippen molar-refractivity contribution in [3.8, 4) is 0 Å². The molecule has 1 fully saturated rings. The first-order chi connectivity index (χ1) is 12.2. The maximum Gasteiger partial charge on any atom is 0.252 e. The molecule has 2 heterocycles. The number of ether oxygens (including phenoxy) is 1. The molecule has 0 saturated carbocycles. The van der Waals surface area contributed by atoms with Crippen molar-refractivity contribution in [3.63, 3.8) is 0 Å². The van der Waals surface area contributed by atoms with Crippen LogP contribution in [0, 0.1) is 0 Å². The smallest absolute Gasteiger partial charge is 0.252 e. The first-order valence-corrected chi connectivity index (χ1v) is 8.77. The molecule has 0 bridgehead atoms. The summed E-state index contributed by atoms with van der Waals surface area (Å²) in [7, 11) is 0. The van der Waals surface area contributed by atoms with Crippen molar-refractivity contribution in [2.24, 2.45) is 0 Å². The number of aromatic nitrogens is 1. The minimum atomic E-state index is -0.161. The lowest BCUT2D eigenvalue weighted by Gasteiger charge is -2.40. The van der Waals surface area contributed by atoms with Crippen LogP contribution in [0.2, 0.25) is 0 Å². The third-order valence-corrected chi connectivity index (χ3v) is 4.78. The summed E-state index contributed by atoms with van der Waals surface area (Å²) in [6, 6.07) is 14.1. The van der Waals surface area contributed by atoms with Crippen molar-refractivity contribution in [1.29, 1.82) is 0 Å². The van der Waals surface area contributed by atoms with Gasteiger partial charge in [0.1, 0.15) is 0 Å². The molecule has 1 saturated heterocycles. The number of nitrogens with zero attached hydrogens (tertiary/aromatic N) is 1. The third-order valence-electron chi connectivity index (χ3n) is 4.78. The molecule has 1 aromatic heterocycles. The van der Waals surface area contributed by atoms with E-state index in [-0.39, 0.29) is 17.5 Å². The number of rotatable bonds is 6. The third kappa shape index (κ3) is 4.65. The van der Waals surface area contributed by atoms with E-state index in [9.17, 15) is 4.79 Å². The zero-order chi connectivity index (χ0) is 17.5. The highest BCUT2D eigenvalue weighted by atomic mass is 16.5. The van der Waals surface area contributed by atoms with Crippen molar-refractivity contribution in [3.05, 3.63) is 66.0 Å². The largest absolute Gasteiger partial charge is 0.381 e. The van der Waals surface area contributed by atoms with Crippen LogP contribution in [0.1, 0.15) is 41.7 Å². The van der Waals surface area contributed by atoms with E-state index in [2.05, 4.69) is 34.7 Å². The maximum absolute atomic E-state index is 12.4. The number of hydrogen-bond donors (Lipinski definition) is 2. The molecule has 1 aromatic carbocycles. The second-order valence-corrected chi connectivity index (χ2v) is 6.59. The molecule has 1 unspecified atom stereocenters. The van der Waals surface area contributed by atoms with E-state index in [0.29, 0.717) is 25.3 Å². The van der Waals surface area contributed by atoms with E-state index in [4.69, 9.17) is 4.74 Å². The Kier molecular flexibility index (Phi) is 5.79. The molecule has 1 aliphatic rings. The average Bonchev–Trinajstić information content (AvgIpc) is 2.68. The van der Waals surface area contributed by atoms with Crippen molar-refractivity contribution in [1.82, 2.24) is 15.6 Å². The molecule has 5 heteroatoms. The van der Waals surface area contributed by atoms with Crippen molar-refractivity contribution < 1.29 is 9.53 Å². The highest BCUT2D eigenvalue weighted by Gasteiger charge is 2.34. The molecule has 25 heavy (non-hydrogen) atoms. The summed E-state index contributed by atoms with van der Waals surface area (Å²) < 4.78 is 5.54. The van der Waals surface area contributed by atoms with Crippen LogP contribution in [0.4, 0.5) is 0 Å². The SMILES string of the molecule is CC(NC1(CNC(=O)c2cccnc2)CCOCC1)c1ccccc1. The van der Waals surface area contributed by atoms with Crippen molar-refractivity contribution in [2.75, 3.05) is 19.8 Å². The number of amides is 1. The Labute approximate surface area is 148 Å². The van der Waals surface area contributed by atoms with Crippen LogP contribution < -0.4 is 10.6 Å². The molecule has 1 amide bonds. The lowest BCUT2D eigenvalue weighted by Crippen LogP contribution is -2.57. The Hall–Kier alpha value is -2.24. The Morgan fingerprint density at radius 1 is 1.20 bits per heavy atom. The maximum atomic E-state index is 12.4. The molecule has 0 spiro atoms. The monoisotopic (exact) mass is 339 g/mol. The van der Waals surface area contributed by atoms with Crippen LogP contribution in [-0.2, 0) is 4.74 Å². The molecule has 5 nitrogen and oxygen atoms in total. The van der Waals surface area contributed by atoms with Gasteiger partial charge in [0.15, 0.2) is 0 Å². The second kappa shape index (κ2) is 8.23. The zero-order valence-electron chi connectivity index (χ0n) is 14.6. The molecule has 0 aliphatic carbocycles. The van der Waals surface area contributed by atoms with E-state index >= 15 is 0 Å². The molecule has 1 atom stereocenters. The summed E-state index contributed by atoms with van der Waals surface area (Å²) in [6.07, 6.45) is 5.00. The molecule has 2 aromatic rings. The Morgan fingerprint density at radius 3 is 2.64 bits per heavy atom. The Balaban J connectivity index is 1.67. The summed E-state index contributed by atoms with van der Waals surface area (Å²) in [5.74, 6) is -0.0897. The number of carbonyl (C=O) groups excluding carboxylic acids is 1. The summed E-state index contributed by atoms with van der Waals surface area (Å²) in [5.41, 5.74) is 1.67. The summed E-state index contributed by atoms with van der Waals surface area (Å²) in [6.45, 7) is 4.14. The van der Waals surface area contributed by atoms with Gasteiger partial charge < -0.3 is 15.4 Å². The lowest BCUT2D eigenvalue weighted by molar-refractivity contribution is 0.0332. The predicted octanol–water partition coefficient (Wildman–Crippen LogP) is 2.71. The summed E-state index contributed by atoms with van der Waals surface area (Å²) >= 11 is 0.